The number of hydrogen-bond acceptors (Lipinski definition) is 3. The Morgan fingerprint density at radius 1 is 1.33 bits per heavy atom. The van der Waals surface area contributed by atoms with Gasteiger partial charge in [-0.05, 0) is 40.8 Å². The fourth-order valence-electron chi connectivity index (χ4n) is 1.66. The molecule has 0 bridgehead atoms. The van der Waals surface area contributed by atoms with E-state index < -0.39 is 10.8 Å². The topological polar surface area (TPSA) is 46.3 Å². The zero-order valence-corrected chi connectivity index (χ0v) is 11.3. The van der Waals surface area contributed by atoms with Crippen LogP contribution in [-0.2, 0) is 10.8 Å². The minimum Gasteiger partial charge on any atom is -0.399 e. The highest BCUT2D eigenvalue weighted by molar-refractivity contribution is 14.1. The van der Waals surface area contributed by atoms with Crippen LogP contribution in [0.2, 0.25) is 0 Å². The second kappa shape index (κ2) is 4.69. The molecule has 0 radical (unpaired) electrons. The van der Waals surface area contributed by atoms with Crippen LogP contribution in [0.4, 0.5) is 11.4 Å². The summed E-state index contributed by atoms with van der Waals surface area (Å²) in [6, 6.07) is 5.94. The van der Waals surface area contributed by atoms with Crippen LogP contribution in [0.1, 0.15) is 0 Å². The van der Waals surface area contributed by atoms with Crippen LogP contribution in [0.25, 0.3) is 0 Å². The molecular formula is C10H13IN2OS. The largest absolute Gasteiger partial charge is 0.399 e. The summed E-state index contributed by atoms with van der Waals surface area (Å²) in [5, 5.41) is 0. The van der Waals surface area contributed by atoms with Gasteiger partial charge in [0.25, 0.3) is 0 Å². The summed E-state index contributed by atoms with van der Waals surface area (Å²) in [7, 11) is -0.614. The first-order chi connectivity index (χ1) is 7.16. The van der Waals surface area contributed by atoms with E-state index in [4.69, 9.17) is 5.73 Å². The maximum atomic E-state index is 11.2. The van der Waals surface area contributed by atoms with Gasteiger partial charge in [0.05, 0.1) is 5.69 Å². The number of nitrogen functional groups attached to an aromatic ring is 1. The van der Waals surface area contributed by atoms with E-state index in [2.05, 4.69) is 27.5 Å². The van der Waals surface area contributed by atoms with E-state index in [9.17, 15) is 4.21 Å². The van der Waals surface area contributed by atoms with Crippen LogP contribution in [0.3, 0.4) is 0 Å². The third-order valence-electron chi connectivity index (χ3n) is 2.49. The molecule has 0 amide bonds. The van der Waals surface area contributed by atoms with Crippen LogP contribution in [0.5, 0.6) is 0 Å². The fraction of sp³-hybridized carbons (Fsp3) is 0.400. The lowest BCUT2D eigenvalue weighted by atomic mass is 10.2. The maximum Gasteiger partial charge on any atom is 0.0504 e. The summed E-state index contributed by atoms with van der Waals surface area (Å²) >= 11 is 2.30. The molecule has 1 aliphatic heterocycles. The van der Waals surface area contributed by atoms with E-state index >= 15 is 0 Å². The molecule has 82 valence electrons. The van der Waals surface area contributed by atoms with Gasteiger partial charge in [-0.2, -0.15) is 0 Å². The molecule has 1 saturated heterocycles. The van der Waals surface area contributed by atoms with Crippen molar-refractivity contribution in [1.29, 1.82) is 0 Å². The summed E-state index contributed by atoms with van der Waals surface area (Å²) in [5.41, 5.74) is 7.71. The summed E-state index contributed by atoms with van der Waals surface area (Å²) < 4.78 is 12.4. The average Bonchev–Trinajstić information content (AvgIpc) is 2.20. The zero-order valence-electron chi connectivity index (χ0n) is 8.28. The van der Waals surface area contributed by atoms with Crippen molar-refractivity contribution in [3.05, 3.63) is 21.8 Å². The highest BCUT2D eigenvalue weighted by atomic mass is 127. The monoisotopic (exact) mass is 336 g/mol. The first kappa shape index (κ1) is 11.2. The highest BCUT2D eigenvalue weighted by Gasteiger charge is 2.17. The van der Waals surface area contributed by atoms with E-state index in [1.54, 1.807) is 0 Å². The van der Waals surface area contributed by atoms with E-state index in [1.165, 1.54) is 9.26 Å². The minimum atomic E-state index is -0.614. The van der Waals surface area contributed by atoms with Crippen molar-refractivity contribution in [3.63, 3.8) is 0 Å². The van der Waals surface area contributed by atoms with Gasteiger partial charge in [0, 0.05) is 44.7 Å². The highest BCUT2D eigenvalue weighted by Crippen LogP contribution is 2.25. The van der Waals surface area contributed by atoms with Gasteiger partial charge in [0.2, 0.25) is 0 Å². The van der Waals surface area contributed by atoms with Crippen molar-refractivity contribution in [3.8, 4) is 0 Å². The van der Waals surface area contributed by atoms with Crippen LogP contribution in [0.15, 0.2) is 18.2 Å². The number of benzene rings is 1. The molecule has 0 unspecified atom stereocenters. The Morgan fingerprint density at radius 3 is 2.60 bits per heavy atom. The van der Waals surface area contributed by atoms with Gasteiger partial charge >= 0.3 is 0 Å². The van der Waals surface area contributed by atoms with Crippen LogP contribution < -0.4 is 10.6 Å². The first-order valence-corrected chi connectivity index (χ1v) is 7.38. The van der Waals surface area contributed by atoms with E-state index in [0.717, 1.165) is 30.3 Å². The predicted molar refractivity (Wildman–Crippen MR) is 73.7 cm³/mol. The summed E-state index contributed by atoms with van der Waals surface area (Å²) in [6.45, 7) is 1.76. The Kier molecular flexibility index (Phi) is 3.50. The second-order valence-electron chi connectivity index (χ2n) is 3.55. The average molecular weight is 336 g/mol. The smallest absolute Gasteiger partial charge is 0.0504 e. The lowest BCUT2D eigenvalue weighted by Gasteiger charge is -2.29. The molecule has 0 saturated carbocycles. The lowest BCUT2D eigenvalue weighted by Crippen LogP contribution is -2.38. The molecule has 0 aromatic heterocycles. The van der Waals surface area contributed by atoms with Crippen molar-refractivity contribution in [1.82, 2.24) is 0 Å². The second-order valence-corrected chi connectivity index (χ2v) is 6.40. The molecular weight excluding hydrogens is 323 g/mol. The molecule has 3 nitrogen and oxygen atoms in total. The predicted octanol–water partition coefficient (Wildman–Crippen LogP) is 1.44. The Hall–Kier alpha value is -0.300. The number of nitrogens with zero attached hydrogens (tertiary/aromatic N) is 1. The number of rotatable bonds is 1. The van der Waals surface area contributed by atoms with Crippen LogP contribution in [-0.4, -0.2) is 28.8 Å². The summed E-state index contributed by atoms with van der Waals surface area (Å²) in [6.07, 6.45) is 0. The lowest BCUT2D eigenvalue weighted by molar-refractivity contribution is 0.673. The molecule has 1 fully saturated rings. The van der Waals surface area contributed by atoms with Crippen molar-refractivity contribution >= 4 is 44.8 Å². The Bertz CT molecular complexity index is 387. The van der Waals surface area contributed by atoms with Gasteiger partial charge in [-0.25, -0.2) is 0 Å². The molecule has 0 spiro atoms. The van der Waals surface area contributed by atoms with Crippen molar-refractivity contribution in [2.75, 3.05) is 35.2 Å². The molecule has 1 aromatic carbocycles. The molecule has 5 heteroatoms. The molecule has 0 aliphatic carbocycles. The first-order valence-electron chi connectivity index (χ1n) is 4.82. The Balaban J connectivity index is 2.19. The van der Waals surface area contributed by atoms with Gasteiger partial charge in [-0.3, -0.25) is 4.21 Å². The van der Waals surface area contributed by atoms with Crippen LogP contribution >= 0.6 is 22.6 Å². The minimum absolute atomic E-state index is 0.614. The van der Waals surface area contributed by atoms with Crippen molar-refractivity contribution in [2.45, 2.75) is 0 Å². The fourth-order valence-corrected chi connectivity index (χ4v) is 3.59. The normalized spacial score (nSPS) is 18.1. The Labute approximate surface area is 106 Å². The molecule has 15 heavy (non-hydrogen) atoms. The molecule has 1 aromatic rings. The van der Waals surface area contributed by atoms with E-state index in [0.29, 0.717) is 0 Å². The molecule has 2 N–H and O–H groups in total. The van der Waals surface area contributed by atoms with Crippen molar-refractivity contribution in [2.24, 2.45) is 0 Å². The number of anilines is 2. The number of halogens is 1. The standard InChI is InChI=1S/C10H13IN2OS/c11-9-7-8(12)1-2-10(9)13-3-5-15(14)6-4-13/h1-2,7H,3-6,12H2. The van der Waals surface area contributed by atoms with Crippen molar-refractivity contribution < 1.29 is 4.21 Å². The molecule has 1 heterocycles. The van der Waals surface area contributed by atoms with Gasteiger partial charge in [0.15, 0.2) is 0 Å². The zero-order chi connectivity index (χ0) is 10.8. The third-order valence-corrected chi connectivity index (χ3v) is 4.63. The number of nitrogens with two attached hydrogens (primary N) is 1. The number of hydrogen-bond donors (Lipinski definition) is 1. The van der Waals surface area contributed by atoms with Gasteiger partial charge in [-0.1, -0.05) is 0 Å². The van der Waals surface area contributed by atoms with Gasteiger partial charge in [0.1, 0.15) is 0 Å². The molecule has 2 rings (SSSR count). The van der Waals surface area contributed by atoms with Gasteiger partial charge in [-0.15, -0.1) is 0 Å². The SMILES string of the molecule is Nc1ccc(N2CCS(=O)CC2)c(I)c1. The molecule has 0 atom stereocenters. The maximum absolute atomic E-state index is 11.2. The Morgan fingerprint density at radius 2 is 2.00 bits per heavy atom. The van der Waals surface area contributed by atoms with Crippen LogP contribution in [0, 0.1) is 3.57 Å². The van der Waals surface area contributed by atoms with E-state index in [-0.39, 0.29) is 0 Å². The molecule has 1 aliphatic rings. The summed E-state index contributed by atoms with van der Waals surface area (Å²) in [5.74, 6) is 1.56. The third kappa shape index (κ3) is 2.63. The summed E-state index contributed by atoms with van der Waals surface area (Å²) in [4.78, 5) is 2.28. The quantitative estimate of drug-likeness (QED) is 0.624. The van der Waals surface area contributed by atoms with Gasteiger partial charge < -0.3 is 10.6 Å². The van der Waals surface area contributed by atoms with E-state index in [1.807, 2.05) is 18.2 Å².